The van der Waals surface area contributed by atoms with E-state index < -0.39 is 71.5 Å². The van der Waals surface area contributed by atoms with E-state index in [9.17, 15) is 45.6 Å². The fraction of sp³-hybridized carbons (Fsp3) is 0.286. The van der Waals surface area contributed by atoms with Crippen LogP contribution in [0, 0.1) is 0 Å². The molecule has 1 aliphatic heterocycles. The van der Waals surface area contributed by atoms with Gasteiger partial charge in [-0.05, 0) is 18.2 Å². The summed E-state index contributed by atoms with van der Waals surface area (Å²) in [6, 6.07) is 5.36. The number of hydrogen-bond acceptors (Lipinski definition) is 12. The zero-order valence-electron chi connectivity index (χ0n) is 16.7. The molecule has 0 aliphatic carbocycles. The van der Waals surface area contributed by atoms with Crippen LogP contribution in [0.25, 0.3) is 22.3 Å². The topological polar surface area (TPSA) is 211 Å². The van der Waals surface area contributed by atoms with Crippen molar-refractivity contribution in [2.24, 2.45) is 0 Å². The minimum absolute atomic E-state index is 0.0201. The van der Waals surface area contributed by atoms with Gasteiger partial charge in [0.2, 0.25) is 17.5 Å². The molecule has 0 spiro atoms. The van der Waals surface area contributed by atoms with E-state index >= 15 is 0 Å². The van der Waals surface area contributed by atoms with E-state index in [1.807, 2.05) is 0 Å². The van der Waals surface area contributed by atoms with E-state index in [-0.39, 0.29) is 22.3 Å². The Morgan fingerprint density at radius 3 is 2.27 bits per heavy atom. The Morgan fingerprint density at radius 2 is 1.61 bits per heavy atom. The molecule has 12 heteroatoms. The first kappa shape index (κ1) is 22.6. The molecule has 1 aromatic heterocycles. The van der Waals surface area contributed by atoms with Gasteiger partial charge in [-0.1, -0.05) is 0 Å². The molecule has 8 N–H and O–H groups in total. The Labute approximate surface area is 184 Å². The molecular formula is C21H20O12. The molecule has 2 aromatic carbocycles. The van der Waals surface area contributed by atoms with Gasteiger partial charge in [-0.15, -0.1) is 0 Å². The smallest absolute Gasteiger partial charge is 0.239 e. The Hall–Kier alpha value is -3.55. The van der Waals surface area contributed by atoms with Crippen LogP contribution in [0.4, 0.5) is 0 Å². The quantitative estimate of drug-likeness (QED) is 0.229. The highest BCUT2D eigenvalue weighted by atomic mass is 16.7. The van der Waals surface area contributed by atoms with E-state index in [1.54, 1.807) is 0 Å². The summed E-state index contributed by atoms with van der Waals surface area (Å²) in [5.41, 5.74) is -1.19. The van der Waals surface area contributed by atoms with Crippen molar-refractivity contribution in [3.8, 4) is 40.1 Å². The SMILES string of the molecule is O=c1c(O[C@@H]2OC(CO)[C@@H](O)C(O)[C@H]2O)c(-c2ccc(O)c(O)c2)oc2cc(O)cc(O)c12. The van der Waals surface area contributed by atoms with Gasteiger partial charge in [-0.2, -0.15) is 0 Å². The number of rotatable bonds is 4. The summed E-state index contributed by atoms with van der Waals surface area (Å²) >= 11 is 0. The summed E-state index contributed by atoms with van der Waals surface area (Å²) in [5.74, 6) is -3.05. The van der Waals surface area contributed by atoms with E-state index in [2.05, 4.69) is 0 Å². The van der Waals surface area contributed by atoms with Gasteiger partial charge in [0.25, 0.3) is 0 Å². The third-order valence-electron chi connectivity index (χ3n) is 5.24. The third-order valence-corrected chi connectivity index (χ3v) is 5.24. The molecule has 2 unspecified atom stereocenters. The lowest BCUT2D eigenvalue weighted by atomic mass is 9.99. The van der Waals surface area contributed by atoms with Crippen LogP contribution in [-0.4, -0.2) is 78.2 Å². The fourth-order valence-electron chi connectivity index (χ4n) is 3.51. The van der Waals surface area contributed by atoms with Crippen molar-refractivity contribution in [1.82, 2.24) is 0 Å². The largest absolute Gasteiger partial charge is 0.508 e. The molecule has 1 aliphatic rings. The molecule has 176 valence electrons. The van der Waals surface area contributed by atoms with E-state index in [0.717, 1.165) is 24.3 Å². The lowest BCUT2D eigenvalue weighted by Crippen LogP contribution is -2.60. The van der Waals surface area contributed by atoms with Crippen LogP contribution in [-0.2, 0) is 4.74 Å². The minimum Gasteiger partial charge on any atom is -0.508 e. The van der Waals surface area contributed by atoms with Crippen molar-refractivity contribution in [2.75, 3.05) is 6.61 Å². The fourth-order valence-corrected chi connectivity index (χ4v) is 3.51. The lowest BCUT2D eigenvalue weighted by Gasteiger charge is -2.39. The molecule has 1 fully saturated rings. The summed E-state index contributed by atoms with van der Waals surface area (Å²) in [6.07, 6.45) is -8.40. The summed E-state index contributed by atoms with van der Waals surface area (Å²) in [7, 11) is 0. The summed E-state index contributed by atoms with van der Waals surface area (Å²) in [6.45, 7) is -0.740. The lowest BCUT2D eigenvalue weighted by molar-refractivity contribution is -0.277. The standard InChI is InChI=1S/C21H20O12/c22-6-13-15(27)17(29)18(30)21(32-13)33-20-16(28)14-11(26)4-8(23)5-12(14)31-19(20)7-1-2-9(24)10(25)3-7/h1-5,13,15,17-18,21-27,29-30H,6H2/t13?,15-,17?,18-,21+/m1/s1. The number of ether oxygens (including phenoxy) is 2. The maximum atomic E-state index is 13.2. The van der Waals surface area contributed by atoms with Crippen LogP contribution in [0.3, 0.4) is 0 Å². The predicted molar refractivity (Wildman–Crippen MR) is 109 cm³/mol. The number of benzene rings is 2. The monoisotopic (exact) mass is 464 g/mol. The van der Waals surface area contributed by atoms with Gasteiger partial charge >= 0.3 is 0 Å². The van der Waals surface area contributed by atoms with Crippen molar-refractivity contribution in [2.45, 2.75) is 30.7 Å². The van der Waals surface area contributed by atoms with Gasteiger partial charge in [0.05, 0.1) is 6.61 Å². The molecule has 33 heavy (non-hydrogen) atoms. The van der Waals surface area contributed by atoms with Crippen molar-refractivity contribution in [3.63, 3.8) is 0 Å². The van der Waals surface area contributed by atoms with Crippen molar-refractivity contribution >= 4 is 11.0 Å². The average Bonchev–Trinajstić information content (AvgIpc) is 2.76. The molecular weight excluding hydrogens is 444 g/mol. The number of aliphatic hydroxyl groups is 4. The Kier molecular flexibility index (Phi) is 5.78. The summed E-state index contributed by atoms with van der Waals surface area (Å²) in [4.78, 5) is 13.2. The number of phenolic OH excluding ortho intramolecular Hbond substituents is 4. The van der Waals surface area contributed by atoms with Crippen molar-refractivity contribution in [1.29, 1.82) is 0 Å². The Morgan fingerprint density at radius 1 is 0.879 bits per heavy atom. The van der Waals surface area contributed by atoms with Crippen LogP contribution in [0.1, 0.15) is 0 Å². The third kappa shape index (κ3) is 3.90. The van der Waals surface area contributed by atoms with E-state index in [1.165, 1.54) is 6.07 Å². The average molecular weight is 464 g/mol. The highest BCUT2D eigenvalue weighted by Gasteiger charge is 2.45. The van der Waals surface area contributed by atoms with Crippen LogP contribution < -0.4 is 10.2 Å². The molecule has 12 nitrogen and oxygen atoms in total. The highest BCUT2D eigenvalue weighted by Crippen LogP contribution is 2.39. The summed E-state index contributed by atoms with van der Waals surface area (Å²) in [5, 5.41) is 78.7. The molecule has 4 rings (SSSR count). The van der Waals surface area contributed by atoms with Gasteiger partial charge in [0.1, 0.15) is 46.9 Å². The van der Waals surface area contributed by atoms with Crippen LogP contribution in [0.2, 0.25) is 0 Å². The number of aliphatic hydroxyl groups excluding tert-OH is 4. The number of phenols is 4. The Balaban J connectivity index is 1.91. The molecule has 1 saturated heterocycles. The van der Waals surface area contributed by atoms with Crippen LogP contribution in [0.5, 0.6) is 28.7 Å². The summed E-state index contributed by atoms with van der Waals surface area (Å²) < 4.78 is 16.5. The van der Waals surface area contributed by atoms with Crippen LogP contribution >= 0.6 is 0 Å². The number of aromatic hydroxyl groups is 4. The molecule has 0 amide bonds. The van der Waals surface area contributed by atoms with Crippen molar-refractivity contribution < 1.29 is 54.7 Å². The Bertz CT molecular complexity index is 1250. The highest BCUT2D eigenvalue weighted by molar-refractivity contribution is 5.88. The van der Waals surface area contributed by atoms with Gasteiger partial charge in [-0.25, -0.2) is 0 Å². The van der Waals surface area contributed by atoms with Crippen molar-refractivity contribution in [3.05, 3.63) is 40.6 Å². The molecule has 3 aromatic rings. The van der Waals surface area contributed by atoms with Gasteiger partial charge in [0, 0.05) is 17.7 Å². The molecule has 0 bridgehead atoms. The second-order valence-corrected chi connectivity index (χ2v) is 7.45. The maximum Gasteiger partial charge on any atom is 0.239 e. The second kappa shape index (κ2) is 8.42. The molecule has 5 atom stereocenters. The first-order valence-electron chi connectivity index (χ1n) is 9.64. The van der Waals surface area contributed by atoms with Gasteiger partial charge < -0.3 is 54.7 Å². The van der Waals surface area contributed by atoms with Gasteiger partial charge in [0.15, 0.2) is 17.3 Å². The number of hydrogen-bond donors (Lipinski definition) is 8. The molecule has 0 radical (unpaired) electrons. The second-order valence-electron chi connectivity index (χ2n) is 7.45. The van der Waals surface area contributed by atoms with E-state index in [0.29, 0.717) is 0 Å². The molecule has 2 heterocycles. The first-order chi connectivity index (χ1) is 15.6. The maximum absolute atomic E-state index is 13.2. The van der Waals surface area contributed by atoms with E-state index in [4.69, 9.17) is 13.9 Å². The minimum atomic E-state index is -1.85. The zero-order valence-corrected chi connectivity index (χ0v) is 16.7. The van der Waals surface area contributed by atoms with Crippen LogP contribution in [0.15, 0.2) is 39.5 Å². The molecule has 0 saturated carbocycles. The normalized spacial score (nSPS) is 25.3. The first-order valence-corrected chi connectivity index (χ1v) is 9.64. The zero-order chi connectivity index (χ0) is 24.0. The number of fused-ring (bicyclic) bond motifs is 1. The van der Waals surface area contributed by atoms with Gasteiger partial charge in [-0.3, -0.25) is 4.79 Å². The predicted octanol–water partition coefficient (Wildman–Crippen LogP) is -0.539.